The van der Waals surface area contributed by atoms with Crippen LogP contribution in [0.1, 0.15) is 18.9 Å². The van der Waals surface area contributed by atoms with Crippen LogP contribution in [0.2, 0.25) is 0 Å². The minimum atomic E-state index is -0.770. The molecular weight excluding hydrogens is 228 g/mol. The molecule has 0 amide bonds. The second-order valence-electron chi connectivity index (χ2n) is 4.12. The smallest absolute Gasteiger partial charge is 0.303 e. The maximum atomic E-state index is 10.7. The maximum absolute atomic E-state index is 10.7. The molecule has 94 valence electrons. The van der Waals surface area contributed by atoms with Gasteiger partial charge in [0.2, 0.25) is 0 Å². The summed E-state index contributed by atoms with van der Waals surface area (Å²) in [6.45, 7) is 2.91. The summed E-state index contributed by atoms with van der Waals surface area (Å²) in [7, 11) is 0. The van der Waals surface area contributed by atoms with Gasteiger partial charge in [-0.1, -0.05) is 24.3 Å². The van der Waals surface area contributed by atoms with E-state index >= 15 is 0 Å². The Morgan fingerprint density at radius 3 is 2.89 bits per heavy atom. The lowest BCUT2D eigenvalue weighted by Crippen LogP contribution is -2.01. The summed E-state index contributed by atoms with van der Waals surface area (Å²) in [5, 5.41) is 8.78. The van der Waals surface area contributed by atoms with E-state index in [1.54, 1.807) is 6.33 Å². The maximum Gasteiger partial charge on any atom is 0.303 e. The Bertz CT molecular complexity index is 546. The molecule has 4 heteroatoms. The van der Waals surface area contributed by atoms with Gasteiger partial charge in [0, 0.05) is 18.5 Å². The Kier molecular flexibility index (Phi) is 3.77. The Labute approximate surface area is 106 Å². The number of imidazole rings is 1. The van der Waals surface area contributed by atoms with Crippen molar-refractivity contribution in [3.05, 3.63) is 42.4 Å². The number of aryl methyl sites for hydroxylation is 2. The molecule has 0 aliphatic rings. The van der Waals surface area contributed by atoms with Gasteiger partial charge in [-0.05, 0) is 18.9 Å². The number of nitrogens with zero attached hydrogens (tertiary/aromatic N) is 2. The average Bonchev–Trinajstić information content (AvgIpc) is 2.84. The lowest BCUT2D eigenvalue weighted by molar-refractivity contribution is -0.136. The number of benzene rings is 1. The molecule has 0 atom stereocenters. The van der Waals surface area contributed by atoms with Crippen LogP contribution in [0.15, 0.2) is 36.8 Å². The van der Waals surface area contributed by atoms with E-state index in [4.69, 9.17) is 5.11 Å². The molecule has 1 heterocycles. The minimum Gasteiger partial charge on any atom is -0.481 e. The van der Waals surface area contributed by atoms with Crippen LogP contribution in [-0.4, -0.2) is 20.6 Å². The van der Waals surface area contributed by atoms with E-state index in [9.17, 15) is 4.79 Å². The Hall–Kier alpha value is -2.10. The summed E-state index contributed by atoms with van der Waals surface area (Å²) in [5.74, 6) is -0.770. The number of rotatable bonds is 5. The first-order valence-electron chi connectivity index (χ1n) is 6.02. The fourth-order valence-electron chi connectivity index (χ4n) is 2.03. The minimum absolute atomic E-state index is 0.150. The lowest BCUT2D eigenvalue weighted by Gasteiger charge is -2.10. The van der Waals surface area contributed by atoms with Crippen molar-refractivity contribution < 1.29 is 9.90 Å². The summed E-state index contributed by atoms with van der Waals surface area (Å²) in [4.78, 5) is 14.8. The van der Waals surface area contributed by atoms with Gasteiger partial charge in [0.15, 0.2) is 0 Å². The zero-order valence-corrected chi connectivity index (χ0v) is 10.3. The van der Waals surface area contributed by atoms with Crippen LogP contribution in [0.25, 0.3) is 11.3 Å². The summed E-state index contributed by atoms with van der Waals surface area (Å²) < 4.78 is 2.06. The van der Waals surface area contributed by atoms with Crippen molar-refractivity contribution in [2.24, 2.45) is 0 Å². The molecule has 1 N–H and O–H groups in total. The van der Waals surface area contributed by atoms with Crippen molar-refractivity contribution in [2.45, 2.75) is 26.3 Å². The highest BCUT2D eigenvalue weighted by Gasteiger charge is 2.09. The predicted octanol–water partition coefficient (Wildman–Crippen LogP) is 2.59. The molecule has 2 rings (SSSR count). The molecule has 0 spiro atoms. The zero-order chi connectivity index (χ0) is 13.0. The van der Waals surface area contributed by atoms with Crippen LogP contribution in [0.4, 0.5) is 0 Å². The van der Waals surface area contributed by atoms with Crippen molar-refractivity contribution in [3.63, 3.8) is 0 Å². The topological polar surface area (TPSA) is 55.1 Å². The van der Waals surface area contributed by atoms with Crippen molar-refractivity contribution in [3.8, 4) is 11.3 Å². The van der Waals surface area contributed by atoms with Gasteiger partial charge in [0.05, 0.1) is 18.2 Å². The average molecular weight is 244 g/mol. The first-order chi connectivity index (χ1) is 8.72. The van der Waals surface area contributed by atoms with Gasteiger partial charge in [-0.25, -0.2) is 4.98 Å². The third-order valence-corrected chi connectivity index (χ3v) is 2.95. The number of carbonyl (C=O) groups is 1. The molecule has 4 nitrogen and oxygen atoms in total. The normalized spacial score (nSPS) is 10.5. The van der Waals surface area contributed by atoms with Gasteiger partial charge in [-0.3, -0.25) is 4.79 Å². The van der Waals surface area contributed by atoms with Crippen molar-refractivity contribution in [2.75, 3.05) is 0 Å². The van der Waals surface area contributed by atoms with Gasteiger partial charge in [0.25, 0.3) is 0 Å². The van der Waals surface area contributed by atoms with Gasteiger partial charge < -0.3 is 9.67 Å². The second kappa shape index (κ2) is 5.49. The predicted molar refractivity (Wildman–Crippen MR) is 69.3 cm³/mol. The van der Waals surface area contributed by atoms with Gasteiger partial charge in [-0.2, -0.15) is 0 Å². The van der Waals surface area contributed by atoms with Crippen LogP contribution in [0.5, 0.6) is 0 Å². The standard InChI is InChI=1S/C14H16N2O2/c1-2-16-10-15-9-13(16)12-6-4-3-5-11(12)7-8-14(17)18/h3-6,9-10H,2,7-8H2,1H3,(H,17,18). The fourth-order valence-corrected chi connectivity index (χ4v) is 2.03. The molecule has 1 aromatic carbocycles. The first kappa shape index (κ1) is 12.4. The number of aliphatic carboxylic acids is 1. The number of hydrogen-bond donors (Lipinski definition) is 1. The second-order valence-corrected chi connectivity index (χ2v) is 4.12. The largest absolute Gasteiger partial charge is 0.481 e. The molecule has 0 fully saturated rings. The van der Waals surface area contributed by atoms with E-state index < -0.39 is 5.97 Å². The number of hydrogen-bond acceptors (Lipinski definition) is 2. The third-order valence-electron chi connectivity index (χ3n) is 2.95. The molecule has 18 heavy (non-hydrogen) atoms. The zero-order valence-electron chi connectivity index (χ0n) is 10.3. The number of carboxylic acids is 1. The summed E-state index contributed by atoms with van der Waals surface area (Å²) in [6, 6.07) is 7.89. The summed E-state index contributed by atoms with van der Waals surface area (Å²) >= 11 is 0. The molecule has 0 saturated heterocycles. The number of carboxylic acid groups (broad SMARTS) is 1. The molecule has 0 aliphatic heterocycles. The summed E-state index contributed by atoms with van der Waals surface area (Å²) in [5.41, 5.74) is 3.16. The SMILES string of the molecule is CCn1cncc1-c1ccccc1CCC(=O)O. The Balaban J connectivity index is 2.35. The van der Waals surface area contributed by atoms with Gasteiger partial charge in [0.1, 0.15) is 0 Å². The van der Waals surface area contributed by atoms with Crippen molar-refractivity contribution in [1.82, 2.24) is 9.55 Å². The van der Waals surface area contributed by atoms with Gasteiger partial charge >= 0.3 is 5.97 Å². The highest BCUT2D eigenvalue weighted by atomic mass is 16.4. The molecule has 1 aromatic heterocycles. The van der Waals surface area contributed by atoms with Crippen LogP contribution >= 0.6 is 0 Å². The molecule has 0 radical (unpaired) electrons. The monoisotopic (exact) mass is 244 g/mol. The summed E-state index contributed by atoms with van der Waals surface area (Å²) in [6.07, 6.45) is 4.31. The van der Waals surface area contributed by atoms with Crippen molar-refractivity contribution >= 4 is 5.97 Å². The third kappa shape index (κ3) is 2.59. The highest BCUT2D eigenvalue weighted by molar-refractivity contribution is 5.69. The molecule has 0 unspecified atom stereocenters. The molecular formula is C14H16N2O2. The molecule has 0 saturated carbocycles. The van der Waals surface area contributed by atoms with E-state index in [0.717, 1.165) is 23.4 Å². The van der Waals surface area contributed by atoms with Crippen molar-refractivity contribution in [1.29, 1.82) is 0 Å². The van der Waals surface area contributed by atoms with E-state index in [-0.39, 0.29) is 6.42 Å². The highest BCUT2D eigenvalue weighted by Crippen LogP contribution is 2.24. The first-order valence-corrected chi connectivity index (χ1v) is 6.02. The Morgan fingerprint density at radius 1 is 1.39 bits per heavy atom. The molecule has 0 aliphatic carbocycles. The van der Waals surface area contributed by atoms with Crippen LogP contribution < -0.4 is 0 Å². The van der Waals surface area contributed by atoms with E-state index in [0.29, 0.717) is 6.42 Å². The van der Waals surface area contributed by atoms with E-state index in [2.05, 4.69) is 16.5 Å². The molecule has 0 bridgehead atoms. The lowest BCUT2D eigenvalue weighted by atomic mass is 10.0. The van der Waals surface area contributed by atoms with E-state index in [1.165, 1.54) is 0 Å². The van der Waals surface area contributed by atoms with Gasteiger partial charge in [-0.15, -0.1) is 0 Å². The quantitative estimate of drug-likeness (QED) is 0.879. The Morgan fingerprint density at radius 2 is 2.17 bits per heavy atom. The number of aromatic nitrogens is 2. The van der Waals surface area contributed by atoms with Crippen LogP contribution in [-0.2, 0) is 17.8 Å². The van der Waals surface area contributed by atoms with Crippen LogP contribution in [0.3, 0.4) is 0 Å². The fraction of sp³-hybridized carbons (Fsp3) is 0.286. The molecule has 2 aromatic rings. The van der Waals surface area contributed by atoms with E-state index in [1.807, 2.05) is 30.5 Å². The van der Waals surface area contributed by atoms with Crippen LogP contribution in [0, 0.1) is 0 Å².